The van der Waals surface area contributed by atoms with Gasteiger partial charge in [0.15, 0.2) is 11.6 Å². The summed E-state index contributed by atoms with van der Waals surface area (Å²) in [5.74, 6) is 2.21. The molecule has 5 N–H and O–H groups in total. The number of nitrogens with zero attached hydrogens (tertiary/aromatic N) is 3. The lowest BCUT2D eigenvalue weighted by atomic mass is 9.99. The normalized spacial score (nSPS) is 10.9. The highest BCUT2D eigenvalue weighted by Gasteiger charge is 2.16. The number of nitrogen functional groups attached to an aromatic ring is 2. The van der Waals surface area contributed by atoms with E-state index in [0.717, 1.165) is 16.9 Å². The number of hydrogen-bond acceptors (Lipinski definition) is 8. The van der Waals surface area contributed by atoms with Crippen molar-refractivity contribution in [3.63, 3.8) is 0 Å². The predicted octanol–water partition coefficient (Wildman–Crippen LogP) is 2.83. The molecule has 0 spiro atoms. The fourth-order valence-electron chi connectivity index (χ4n) is 2.32. The summed E-state index contributed by atoms with van der Waals surface area (Å²) >= 11 is 0. The van der Waals surface area contributed by atoms with Gasteiger partial charge in [0.2, 0.25) is 5.95 Å². The molecule has 8 nitrogen and oxygen atoms in total. The first-order valence-electron chi connectivity index (χ1n) is 8.09. The zero-order valence-electron chi connectivity index (χ0n) is 15.2. The molecule has 1 aromatic heterocycles. The Bertz CT molecular complexity index is 805. The third-order valence-corrected chi connectivity index (χ3v) is 3.60. The smallest absolute Gasteiger partial charge is 0.222 e. The highest BCUT2D eigenvalue weighted by atomic mass is 16.5. The molecule has 0 unspecified atom stereocenters. The van der Waals surface area contributed by atoms with Gasteiger partial charge in [0, 0.05) is 17.3 Å². The van der Waals surface area contributed by atoms with Gasteiger partial charge in [-0.25, -0.2) is 4.98 Å². The molecule has 0 aliphatic heterocycles. The summed E-state index contributed by atoms with van der Waals surface area (Å²) in [5, 5.41) is 4.01. The summed E-state index contributed by atoms with van der Waals surface area (Å²) < 4.78 is 11.5. The van der Waals surface area contributed by atoms with Gasteiger partial charge < -0.3 is 26.4 Å². The topological polar surface area (TPSA) is 121 Å². The number of anilines is 2. The third-order valence-electron chi connectivity index (χ3n) is 3.60. The van der Waals surface area contributed by atoms with E-state index in [0.29, 0.717) is 18.0 Å². The van der Waals surface area contributed by atoms with Crippen molar-refractivity contribution in [3.05, 3.63) is 42.1 Å². The van der Waals surface area contributed by atoms with Gasteiger partial charge in [-0.05, 0) is 24.1 Å². The Kier molecular flexibility index (Phi) is 6.37. The molecule has 1 heterocycles. The van der Waals surface area contributed by atoms with Crippen molar-refractivity contribution >= 4 is 18.0 Å². The standard InChI is InChI=1S/C18H24N6O2/c1-5-6-22-23-9-12-7-15(13(11(2)3)8-14(12)25-4)26-16-10-21-18(20)24-17(16)19/h5-8,10-11,23H,1,9H2,2-4H3,(H4,19,20,21,24). The number of nitrogens with one attached hydrogen (secondary N) is 1. The molecule has 0 radical (unpaired) electrons. The quantitative estimate of drug-likeness (QED) is 0.491. The lowest BCUT2D eigenvalue weighted by Gasteiger charge is -2.18. The number of hydrazone groups is 1. The van der Waals surface area contributed by atoms with Gasteiger partial charge in [-0.3, -0.25) is 0 Å². The van der Waals surface area contributed by atoms with E-state index in [2.05, 4.69) is 40.9 Å². The monoisotopic (exact) mass is 356 g/mol. The Morgan fingerprint density at radius 3 is 2.65 bits per heavy atom. The Morgan fingerprint density at radius 2 is 2.04 bits per heavy atom. The van der Waals surface area contributed by atoms with E-state index in [9.17, 15) is 0 Å². The molecule has 0 atom stereocenters. The van der Waals surface area contributed by atoms with Crippen LogP contribution in [0.25, 0.3) is 0 Å². The Morgan fingerprint density at radius 1 is 1.27 bits per heavy atom. The second kappa shape index (κ2) is 8.70. The maximum atomic E-state index is 5.98. The molecule has 0 aliphatic carbocycles. The van der Waals surface area contributed by atoms with E-state index in [1.165, 1.54) is 6.20 Å². The van der Waals surface area contributed by atoms with Crippen LogP contribution in [0.1, 0.15) is 30.9 Å². The molecule has 26 heavy (non-hydrogen) atoms. The zero-order valence-corrected chi connectivity index (χ0v) is 15.2. The van der Waals surface area contributed by atoms with Crippen molar-refractivity contribution in [2.75, 3.05) is 18.6 Å². The van der Waals surface area contributed by atoms with Crippen LogP contribution in [0.5, 0.6) is 17.2 Å². The second-order valence-electron chi connectivity index (χ2n) is 5.79. The van der Waals surface area contributed by atoms with Gasteiger partial charge in [0.05, 0.1) is 19.9 Å². The number of allylic oxidation sites excluding steroid dienone is 1. The van der Waals surface area contributed by atoms with Crippen LogP contribution in [-0.4, -0.2) is 23.3 Å². The van der Waals surface area contributed by atoms with Crippen LogP contribution in [0.2, 0.25) is 0 Å². The minimum atomic E-state index is 0.0960. The molecule has 0 saturated carbocycles. The molecule has 2 aromatic rings. The average molecular weight is 356 g/mol. The molecule has 1 aromatic carbocycles. The summed E-state index contributed by atoms with van der Waals surface area (Å²) in [6.45, 7) is 8.17. The summed E-state index contributed by atoms with van der Waals surface area (Å²) in [7, 11) is 1.63. The van der Waals surface area contributed by atoms with Gasteiger partial charge in [0.25, 0.3) is 0 Å². The number of nitrogens with two attached hydrogens (primary N) is 2. The van der Waals surface area contributed by atoms with Gasteiger partial charge in [0.1, 0.15) is 11.5 Å². The molecular weight excluding hydrogens is 332 g/mol. The van der Waals surface area contributed by atoms with Crippen LogP contribution < -0.4 is 26.4 Å². The zero-order chi connectivity index (χ0) is 19.1. The van der Waals surface area contributed by atoms with E-state index in [1.807, 2.05) is 12.1 Å². The fourth-order valence-corrected chi connectivity index (χ4v) is 2.32. The van der Waals surface area contributed by atoms with Crippen molar-refractivity contribution in [1.82, 2.24) is 15.4 Å². The van der Waals surface area contributed by atoms with Crippen molar-refractivity contribution in [1.29, 1.82) is 0 Å². The Hall–Kier alpha value is -3.29. The summed E-state index contributed by atoms with van der Waals surface area (Å²) in [5.41, 5.74) is 16.2. The lowest BCUT2D eigenvalue weighted by molar-refractivity contribution is 0.403. The molecule has 0 amide bonds. The van der Waals surface area contributed by atoms with Gasteiger partial charge >= 0.3 is 0 Å². The van der Waals surface area contributed by atoms with E-state index < -0.39 is 0 Å². The molecule has 0 saturated heterocycles. The minimum Gasteiger partial charge on any atom is -0.496 e. The number of hydrogen-bond donors (Lipinski definition) is 3. The lowest BCUT2D eigenvalue weighted by Crippen LogP contribution is -2.08. The third kappa shape index (κ3) is 4.62. The molecule has 8 heteroatoms. The van der Waals surface area contributed by atoms with Gasteiger partial charge in [-0.2, -0.15) is 10.1 Å². The van der Waals surface area contributed by atoms with Crippen LogP contribution in [0, 0.1) is 0 Å². The van der Waals surface area contributed by atoms with Crippen molar-refractivity contribution in [2.45, 2.75) is 26.3 Å². The maximum Gasteiger partial charge on any atom is 0.222 e. The molecule has 2 rings (SSSR count). The highest BCUT2D eigenvalue weighted by Crippen LogP contribution is 2.37. The first kappa shape index (κ1) is 19.0. The number of aromatic nitrogens is 2. The summed E-state index contributed by atoms with van der Waals surface area (Å²) in [6, 6.07) is 3.84. The first-order chi connectivity index (χ1) is 12.5. The van der Waals surface area contributed by atoms with Crippen LogP contribution in [0.15, 0.2) is 36.1 Å². The molecule has 0 bridgehead atoms. The van der Waals surface area contributed by atoms with E-state index in [-0.39, 0.29) is 17.7 Å². The highest BCUT2D eigenvalue weighted by molar-refractivity contribution is 5.69. The number of ether oxygens (including phenoxy) is 2. The SMILES string of the molecule is C=CC=NNCc1cc(Oc2cnc(N)nc2N)c(C(C)C)cc1OC. The first-order valence-corrected chi connectivity index (χ1v) is 8.09. The van der Waals surface area contributed by atoms with E-state index in [1.54, 1.807) is 19.4 Å². The second-order valence-corrected chi connectivity index (χ2v) is 5.79. The Labute approximate surface area is 152 Å². The van der Waals surface area contributed by atoms with Crippen LogP contribution >= 0.6 is 0 Å². The molecule has 0 aliphatic rings. The summed E-state index contributed by atoms with van der Waals surface area (Å²) in [6.07, 6.45) is 4.61. The predicted molar refractivity (Wildman–Crippen MR) is 104 cm³/mol. The van der Waals surface area contributed by atoms with Crippen molar-refractivity contribution in [2.24, 2.45) is 5.10 Å². The van der Waals surface area contributed by atoms with Crippen LogP contribution in [0.4, 0.5) is 11.8 Å². The van der Waals surface area contributed by atoms with Crippen molar-refractivity contribution < 1.29 is 9.47 Å². The summed E-state index contributed by atoms with van der Waals surface area (Å²) in [4.78, 5) is 7.86. The number of rotatable bonds is 8. The van der Waals surface area contributed by atoms with E-state index >= 15 is 0 Å². The molecular formula is C18H24N6O2. The van der Waals surface area contributed by atoms with Gasteiger partial charge in [-0.15, -0.1) is 0 Å². The van der Waals surface area contributed by atoms with Gasteiger partial charge in [-0.1, -0.05) is 20.4 Å². The van der Waals surface area contributed by atoms with E-state index in [4.69, 9.17) is 20.9 Å². The van der Waals surface area contributed by atoms with Crippen molar-refractivity contribution in [3.8, 4) is 17.2 Å². The number of methoxy groups -OCH3 is 1. The maximum absolute atomic E-state index is 5.98. The molecule has 138 valence electrons. The largest absolute Gasteiger partial charge is 0.496 e. The average Bonchev–Trinajstić information content (AvgIpc) is 2.61. The molecule has 0 fully saturated rings. The van der Waals surface area contributed by atoms with Crippen LogP contribution in [-0.2, 0) is 6.54 Å². The minimum absolute atomic E-state index is 0.0960. The Balaban J connectivity index is 2.40. The van der Waals surface area contributed by atoms with Crippen LogP contribution in [0.3, 0.4) is 0 Å². The fraction of sp³-hybridized carbons (Fsp3) is 0.278. The number of benzene rings is 1.